The minimum absolute atomic E-state index is 0.550. The highest BCUT2D eigenvalue weighted by atomic mass is 32.2. The smallest absolute Gasteiger partial charge is 0.277 e. The molecule has 4 aromatic rings. The van der Waals surface area contributed by atoms with Crippen molar-refractivity contribution in [2.45, 2.75) is 17.9 Å². The van der Waals surface area contributed by atoms with Gasteiger partial charge in [-0.3, -0.25) is 0 Å². The Labute approximate surface area is 137 Å². The first kappa shape index (κ1) is 14.1. The van der Waals surface area contributed by atoms with Crippen molar-refractivity contribution in [1.82, 2.24) is 15.2 Å². The van der Waals surface area contributed by atoms with Crippen molar-refractivity contribution < 1.29 is 4.42 Å². The van der Waals surface area contributed by atoms with Gasteiger partial charge in [0, 0.05) is 22.9 Å². The molecule has 0 amide bonds. The van der Waals surface area contributed by atoms with Gasteiger partial charge in [-0.15, -0.1) is 10.2 Å². The third-order valence-corrected chi connectivity index (χ3v) is 4.60. The van der Waals surface area contributed by atoms with E-state index in [4.69, 9.17) is 4.42 Å². The van der Waals surface area contributed by atoms with Gasteiger partial charge < -0.3 is 9.40 Å². The van der Waals surface area contributed by atoms with Crippen LogP contribution in [0.2, 0.25) is 0 Å². The zero-order chi connectivity index (χ0) is 15.6. The first-order valence-corrected chi connectivity index (χ1v) is 8.36. The van der Waals surface area contributed by atoms with Gasteiger partial charge in [-0.2, -0.15) is 0 Å². The van der Waals surface area contributed by atoms with Crippen LogP contribution in [0.1, 0.15) is 11.1 Å². The fourth-order valence-electron chi connectivity index (χ4n) is 2.45. The zero-order valence-electron chi connectivity index (χ0n) is 12.6. The highest BCUT2D eigenvalue weighted by Crippen LogP contribution is 2.30. The van der Waals surface area contributed by atoms with E-state index in [9.17, 15) is 0 Å². The number of hydrogen-bond donors (Lipinski definition) is 1. The summed E-state index contributed by atoms with van der Waals surface area (Å²) in [6.45, 7) is 2.09. The molecule has 2 heterocycles. The summed E-state index contributed by atoms with van der Waals surface area (Å²) in [4.78, 5) is 3.22. The summed E-state index contributed by atoms with van der Waals surface area (Å²) in [6.07, 6.45) is 1.91. The molecule has 0 aliphatic carbocycles. The van der Waals surface area contributed by atoms with Crippen LogP contribution in [0, 0.1) is 6.92 Å². The van der Waals surface area contributed by atoms with Crippen molar-refractivity contribution in [1.29, 1.82) is 0 Å². The molecule has 1 N–H and O–H groups in total. The maximum absolute atomic E-state index is 5.80. The van der Waals surface area contributed by atoms with Crippen LogP contribution < -0.4 is 0 Å². The average Bonchev–Trinajstić information content (AvgIpc) is 3.20. The minimum atomic E-state index is 0.550. The molecule has 0 unspecified atom stereocenters. The standard InChI is InChI=1S/C18H15N3OS/c1-12-6-8-13(9-7-12)11-23-18-21-20-17(22-18)15-10-19-16-5-3-2-4-14(15)16/h2-10,19H,11H2,1H3. The largest absolute Gasteiger partial charge is 0.411 e. The van der Waals surface area contributed by atoms with Crippen molar-refractivity contribution in [3.8, 4) is 11.5 Å². The second-order valence-corrected chi connectivity index (χ2v) is 6.32. The molecule has 5 heteroatoms. The van der Waals surface area contributed by atoms with Crippen molar-refractivity contribution in [2.24, 2.45) is 0 Å². The topological polar surface area (TPSA) is 54.7 Å². The predicted molar refractivity (Wildman–Crippen MR) is 92.3 cm³/mol. The number of nitrogens with zero attached hydrogens (tertiary/aromatic N) is 2. The molecule has 4 rings (SSSR count). The van der Waals surface area contributed by atoms with E-state index in [1.165, 1.54) is 11.1 Å². The SMILES string of the molecule is Cc1ccc(CSc2nnc(-c3c[nH]c4ccccc34)o2)cc1. The number of aryl methyl sites for hydroxylation is 1. The molecule has 0 saturated heterocycles. The van der Waals surface area contributed by atoms with Gasteiger partial charge in [0.25, 0.3) is 11.1 Å². The first-order chi connectivity index (χ1) is 11.3. The normalized spacial score (nSPS) is 11.2. The van der Waals surface area contributed by atoms with Crippen molar-refractivity contribution in [3.63, 3.8) is 0 Å². The molecular formula is C18H15N3OS. The van der Waals surface area contributed by atoms with E-state index < -0.39 is 0 Å². The van der Waals surface area contributed by atoms with Gasteiger partial charge in [-0.1, -0.05) is 59.8 Å². The number of para-hydroxylation sites is 1. The summed E-state index contributed by atoms with van der Waals surface area (Å²) in [5, 5.41) is 10.00. The maximum atomic E-state index is 5.80. The molecule has 0 aliphatic rings. The van der Waals surface area contributed by atoms with Crippen LogP contribution in [-0.2, 0) is 5.75 Å². The first-order valence-electron chi connectivity index (χ1n) is 7.38. The van der Waals surface area contributed by atoms with E-state index in [2.05, 4.69) is 46.4 Å². The molecule has 0 atom stereocenters. The number of hydrogen-bond acceptors (Lipinski definition) is 4. The highest BCUT2D eigenvalue weighted by Gasteiger charge is 2.13. The highest BCUT2D eigenvalue weighted by molar-refractivity contribution is 7.98. The molecule has 0 aliphatic heterocycles. The lowest BCUT2D eigenvalue weighted by Crippen LogP contribution is -1.81. The Hall–Kier alpha value is -2.53. The number of aromatic nitrogens is 3. The molecule has 0 saturated carbocycles. The number of benzene rings is 2. The molecule has 23 heavy (non-hydrogen) atoms. The zero-order valence-corrected chi connectivity index (χ0v) is 13.4. The van der Waals surface area contributed by atoms with Crippen LogP contribution in [0.4, 0.5) is 0 Å². The Morgan fingerprint density at radius 2 is 1.87 bits per heavy atom. The molecular weight excluding hydrogens is 306 g/mol. The van der Waals surface area contributed by atoms with E-state index >= 15 is 0 Å². The molecule has 0 bridgehead atoms. The number of aromatic amines is 1. The summed E-state index contributed by atoms with van der Waals surface area (Å²) in [5.41, 5.74) is 4.51. The molecule has 0 radical (unpaired) electrons. The Morgan fingerprint density at radius 3 is 2.74 bits per heavy atom. The fraction of sp³-hybridized carbons (Fsp3) is 0.111. The molecule has 2 aromatic heterocycles. The van der Waals surface area contributed by atoms with Gasteiger partial charge in [0.05, 0.1) is 5.56 Å². The fourth-order valence-corrected chi connectivity index (χ4v) is 3.17. The van der Waals surface area contributed by atoms with E-state index in [1.54, 1.807) is 11.8 Å². The summed E-state index contributed by atoms with van der Waals surface area (Å²) < 4.78 is 5.80. The number of thioether (sulfide) groups is 1. The van der Waals surface area contributed by atoms with Crippen LogP contribution in [0.15, 0.2) is 64.4 Å². The van der Waals surface area contributed by atoms with Gasteiger partial charge in [-0.25, -0.2) is 0 Å². The predicted octanol–water partition coefficient (Wildman–Crippen LogP) is 4.82. The van der Waals surface area contributed by atoms with Gasteiger partial charge in [0.1, 0.15) is 0 Å². The second-order valence-electron chi connectivity index (χ2n) is 5.40. The van der Waals surface area contributed by atoms with Crippen LogP contribution in [0.25, 0.3) is 22.4 Å². The second kappa shape index (κ2) is 5.93. The average molecular weight is 321 g/mol. The third-order valence-electron chi connectivity index (χ3n) is 3.71. The number of H-pyrrole nitrogens is 1. The van der Waals surface area contributed by atoms with Crippen molar-refractivity contribution >= 4 is 22.7 Å². The Kier molecular flexibility index (Phi) is 3.63. The minimum Gasteiger partial charge on any atom is -0.411 e. The summed E-state index contributed by atoms with van der Waals surface area (Å²) >= 11 is 1.55. The molecule has 0 spiro atoms. The number of fused-ring (bicyclic) bond motifs is 1. The van der Waals surface area contributed by atoms with Crippen LogP contribution >= 0.6 is 11.8 Å². The van der Waals surface area contributed by atoms with Gasteiger partial charge in [0.15, 0.2) is 0 Å². The van der Waals surface area contributed by atoms with Crippen molar-refractivity contribution in [3.05, 3.63) is 65.9 Å². The molecule has 0 fully saturated rings. The lowest BCUT2D eigenvalue weighted by atomic mass is 10.2. The van der Waals surface area contributed by atoms with Crippen LogP contribution in [0.5, 0.6) is 0 Å². The summed E-state index contributed by atoms with van der Waals surface area (Å²) in [7, 11) is 0. The van der Waals surface area contributed by atoms with E-state index in [-0.39, 0.29) is 0 Å². The van der Waals surface area contributed by atoms with Crippen LogP contribution in [0.3, 0.4) is 0 Å². The summed E-state index contributed by atoms with van der Waals surface area (Å²) in [6, 6.07) is 16.6. The Balaban J connectivity index is 1.53. The van der Waals surface area contributed by atoms with Crippen molar-refractivity contribution in [2.75, 3.05) is 0 Å². The van der Waals surface area contributed by atoms with Gasteiger partial charge in [-0.05, 0) is 18.6 Å². The van der Waals surface area contributed by atoms with E-state index in [0.717, 1.165) is 22.2 Å². The molecule has 2 aromatic carbocycles. The number of nitrogens with one attached hydrogen (secondary N) is 1. The third kappa shape index (κ3) is 2.87. The maximum Gasteiger partial charge on any atom is 0.277 e. The van der Waals surface area contributed by atoms with E-state index in [1.807, 2.05) is 30.5 Å². The summed E-state index contributed by atoms with van der Waals surface area (Å²) in [5.74, 6) is 1.37. The Bertz CT molecular complexity index is 940. The van der Waals surface area contributed by atoms with Gasteiger partial charge >= 0.3 is 0 Å². The quantitative estimate of drug-likeness (QED) is 0.548. The lowest BCUT2D eigenvalue weighted by Gasteiger charge is -1.98. The lowest BCUT2D eigenvalue weighted by molar-refractivity contribution is 0.466. The number of rotatable bonds is 4. The van der Waals surface area contributed by atoms with E-state index in [0.29, 0.717) is 11.1 Å². The monoisotopic (exact) mass is 321 g/mol. The molecule has 4 nitrogen and oxygen atoms in total. The Morgan fingerprint density at radius 1 is 1.04 bits per heavy atom. The van der Waals surface area contributed by atoms with Crippen LogP contribution in [-0.4, -0.2) is 15.2 Å². The molecule has 114 valence electrons. The van der Waals surface area contributed by atoms with Gasteiger partial charge in [0.2, 0.25) is 0 Å².